The van der Waals surface area contributed by atoms with Gasteiger partial charge in [0, 0.05) is 11.9 Å². The number of ether oxygens (including phenoxy) is 1. The minimum Gasteiger partial charge on any atom is -0.468 e. The van der Waals surface area contributed by atoms with E-state index in [0.29, 0.717) is 6.42 Å². The summed E-state index contributed by atoms with van der Waals surface area (Å²) < 4.78 is 4.77. The van der Waals surface area contributed by atoms with Crippen molar-refractivity contribution in [1.29, 1.82) is 0 Å². The number of nitrogens with one attached hydrogen (secondary N) is 1. The first kappa shape index (κ1) is 13.9. The van der Waals surface area contributed by atoms with Crippen LogP contribution >= 0.6 is 11.8 Å². The maximum atomic E-state index is 11.6. The molecule has 5 nitrogen and oxygen atoms in total. The van der Waals surface area contributed by atoms with Gasteiger partial charge in [-0.1, -0.05) is 0 Å². The smallest absolute Gasteiger partial charge is 0.325 e. The zero-order valence-corrected chi connectivity index (χ0v) is 11.1. The molecule has 1 N–H and O–H groups in total. The number of aromatic nitrogens is 2. The second-order valence-corrected chi connectivity index (χ2v) is 4.83. The Labute approximate surface area is 105 Å². The number of nitrogens with zero attached hydrogens (tertiary/aromatic N) is 2. The van der Waals surface area contributed by atoms with E-state index in [1.807, 2.05) is 13.0 Å². The van der Waals surface area contributed by atoms with Crippen molar-refractivity contribution in [2.75, 3.05) is 19.9 Å². The third-order valence-corrected chi connectivity index (χ3v) is 3.54. The third kappa shape index (κ3) is 3.98. The fourth-order valence-corrected chi connectivity index (χ4v) is 2.28. The average Bonchev–Trinajstić information content (AvgIpc) is 2.38. The lowest BCUT2D eigenvalue weighted by atomic mass is 10.00. The van der Waals surface area contributed by atoms with Crippen LogP contribution in [0.2, 0.25) is 0 Å². The standard InChI is InChI=1S/C11H17N3O2S/c1-11(12-2,10(15)16-3)5-7-17-9-4-6-13-8-14-9/h4,6,8,12H,5,7H2,1-3H3. The Morgan fingerprint density at radius 1 is 1.65 bits per heavy atom. The Bertz CT molecular complexity index is 361. The molecular weight excluding hydrogens is 238 g/mol. The molecule has 0 aliphatic carbocycles. The minimum atomic E-state index is -0.644. The fourth-order valence-electron chi connectivity index (χ4n) is 1.28. The topological polar surface area (TPSA) is 64.1 Å². The number of carbonyl (C=O) groups excluding carboxylic acids is 1. The van der Waals surface area contributed by atoms with Crippen LogP contribution in [0.15, 0.2) is 23.6 Å². The van der Waals surface area contributed by atoms with E-state index in [1.165, 1.54) is 13.4 Å². The lowest BCUT2D eigenvalue weighted by Gasteiger charge is -2.25. The first-order chi connectivity index (χ1) is 8.12. The van der Waals surface area contributed by atoms with Gasteiger partial charge >= 0.3 is 5.97 Å². The van der Waals surface area contributed by atoms with E-state index >= 15 is 0 Å². The van der Waals surface area contributed by atoms with Crippen molar-refractivity contribution in [3.63, 3.8) is 0 Å². The Morgan fingerprint density at radius 3 is 2.94 bits per heavy atom. The SMILES string of the molecule is CNC(C)(CCSc1ccncn1)C(=O)OC. The molecule has 17 heavy (non-hydrogen) atoms. The molecule has 0 fully saturated rings. The Hall–Kier alpha value is -1.14. The van der Waals surface area contributed by atoms with Crippen molar-refractivity contribution in [2.45, 2.75) is 23.9 Å². The van der Waals surface area contributed by atoms with Crippen molar-refractivity contribution in [2.24, 2.45) is 0 Å². The van der Waals surface area contributed by atoms with Gasteiger partial charge in [0.05, 0.1) is 12.1 Å². The number of hydrogen-bond acceptors (Lipinski definition) is 6. The maximum absolute atomic E-state index is 11.6. The van der Waals surface area contributed by atoms with Gasteiger partial charge in [-0.2, -0.15) is 0 Å². The number of methoxy groups -OCH3 is 1. The van der Waals surface area contributed by atoms with Crippen LogP contribution in [0.1, 0.15) is 13.3 Å². The molecule has 0 amide bonds. The van der Waals surface area contributed by atoms with Crippen molar-refractivity contribution >= 4 is 17.7 Å². The molecule has 94 valence electrons. The summed E-state index contributed by atoms with van der Waals surface area (Å²) in [5.74, 6) is 0.534. The molecule has 1 atom stereocenters. The lowest BCUT2D eigenvalue weighted by molar-refractivity contribution is -0.147. The van der Waals surface area contributed by atoms with Gasteiger partial charge in [-0.25, -0.2) is 9.97 Å². The van der Waals surface area contributed by atoms with E-state index in [9.17, 15) is 4.79 Å². The second-order valence-electron chi connectivity index (χ2n) is 3.72. The van der Waals surface area contributed by atoms with Gasteiger partial charge in [0.25, 0.3) is 0 Å². The molecule has 0 saturated heterocycles. The van der Waals surface area contributed by atoms with E-state index in [0.717, 1.165) is 10.8 Å². The molecule has 0 saturated carbocycles. The van der Waals surface area contributed by atoms with Crippen LogP contribution in [-0.4, -0.2) is 41.4 Å². The number of esters is 1. The van der Waals surface area contributed by atoms with Gasteiger partial charge in [0.15, 0.2) is 0 Å². The quantitative estimate of drug-likeness (QED) is 0.467. The molecular formula is C11H17N3O2S. The third-order valence-electron chi connectivity index (χ3n) is 2.59. The van der Waals surface area contributed by atoms with Gasteiger partial charge in [-0.3, -0.25) is 4.79 Å². The number of carbonyl (C=O) groups is 1. The summed E-state index contributed by atoms with van der Waals surface area (Å²) in [5.41, 5.74) is -0.644. The van der Waals surface area contributed by atoms with E-state index in [4.69, 9.17) is 4.74 Å². The zero-order chi connectivity index (χ0) is 12.7. The molecule has 0 bridgehead atoms. The second kappa shape index (κ2) is 6.56. The molecule has 0 aliphatic heterocycles. The first-order valence-corrected chi connectivity index (χ1v) is 6.27. The summed E-state index contributed by atoms with van der Waals surface area (Å²) in [5, 5.41) is 3.90. The van der Waals surface area contributed by atoms with Crippen LogP contribution < -0.4 is 5.32 Å². The van der Waals surface area contributed by atoms with Crippen LogP contribution in [0.4, 0.5) is 0 Å². The van der Waals surface area contributed by atoms with Crippen LogP contribution in [0.25, 0.3) is 0 Å². The maximum Gasteiger partial charge on any atom is 0.325 e. The summed E-state index contributed by atoms with van der Waals surface area (Å²) in [6, 6.07) is 1.85. The van der Waals surface area contributed by atoms with Crippen LogP contribution in [0.5, 0.6) is 0 Å². The molecule has 6 heteroatoms. The van der Waals surface area contributed by atoms with Gasteiger partial charge in [0.1, 0.15) is 11.9 Å². The highest BCUT2D eigenvalue weighted by atomic mass is 32.2. The van der Waals surface area contributed by atoms with Crippen molar-refractivity contribution in [1.82, 2.24) is 15.3 Å². The van der Waals surface area contributed by atoms with Crippen LogP contribution in [-0.2, 0) is 9.53 Å². The van der Waals surface area contributed by atoms with E-state index in [1.54, 1.807) is 25.0 Å². The van der Waals surface area contributed by atoms with E-state index in [-0.39, 0.29) is 5.97 Å². The van der Waals surface area contributed by atoms with Crippen molar-refractivity contribution in [3.8, 4) is 0 Å². The van der Waals surface area contributed by atoms with Gasteiger partial charge < -0.3 is 10.1 Å². The molecule has 1 aromatic rings. The predicted molar refractivity (Wildman–Crippen MR) is 66.9 cm³/mol. The number of hydrogen-bond donors (Lipinski definition) is 1. The fraction of sp³-hybridized carbons (Fsp3) is 0.545. The average molecular weight is 255 g/mol. The molecule has 1 aromatic heterocycles. The highest BCUT2D eigenvalue weighted by Gasteiger charge is 2.31. The Balaban J connectivity index is 2.46. The van der Waals surface area contributed by atoms with Crippen LogP contribution in [0.3, 0.4) is 0 Å². The molecule has 0 aromatic carbocycles. The summed E-state index contributed by atoms with van der Waals surface area (Å²) in [4.78, 5) is 19.5. The van der Waals surface area contributed by atoms with Crippen LogP contribution in [0, 0.1) is 0 Å². The van der Waals surface area contributed by atoms with E-state index < -0.39 is 5.54 Å². The Kier molecular flexibility index (Phi) is 5.37. The number of rotatable bonds is 6. The van der Waals surface area contributed by atoms with Gasteiger partial charge in [-0.05, 0) is 26.5 Å². The Morgan fingerprint density at radius 2 is 2.41 bits per heavy atom. The van der Waals surface area contributed by atoms with Gasteiger partial charge in [-0.15, -0.1) is 11.8 Å². The monoisotopic (exact) mass is 255 g/mol. The largest absolute Gasteiger partial charge is 0.468 e. The minimum absolute atomic E-state index is 0.247. The summed E-state index contributed by atoms with van der Waals surface area (Å²) >= 11 is 1.59. The first-order valence-electron chi connectivity index (χ1n) is 5.28. The summed E-state index contributed by atoms with van der Waals surface area (Å²) in [7, 11) is 3.15. The molecule has 1 heterocycles. The van der Waals surface area contributed by atoms with Crippen molar-refractivity contribution < 1.29 is 9.53 Å². The molecule has 1 rings (SSSR count). The summed E-state index contributed by atoms with van der Waals surface area (Å²) in [6.07, 6.45) is 3.89. The molecule has 0 aliphatic rings. The molecule has 1 unspecified atom stereocenters. The predicted octanol–water partition coefficient (Wildman–Crippen LogP) is 1.11. The summed E-state index contributed by atoms with van der Waals surface area (Å²) in [6.45, 7) is 1.83. The number of thioether (sulfide) groups is 1. The zero-order valence-electron chi connectivity index (χ0n) is 10.3. The highest BCUT2D eigenvalue weighted by molar-refractivity contribution is 7.99. The molecule has 0 spiro atoms. The lowest BCUT2D eigenvalue weighted by Crippen LogP contribution is -2.48. The molecule has 0 radical (unpaired) electrons. The van der Waals surface area contributed by atoms with Crippen molar-refractivity contribution in [3.05, 3.63) is 18.6 Å². The van der Waals surface area contributed by atoms with E-state index in [2.05, 4.69) is 15.3 Å². The van der Waals surface area contributed by atoms with Gasteiger partial charge in [0.2, 0.25) is 0 Å². The highest BCUT2D eigenvalue weighted by Crippen LogP contribution is 2.20. The number of likely N-dealkylation sites (N-methyl/N-ethyl adjacent to an activating group) is 1. The normalized spacial score (nSPS) is 14.1.